The van der Waals surface area contributed by atoms with E-state index in [4.69, 9.17) is 27.5 Å². The van der Waals surface area contributed by atoms with Crippen LogP contribution in [0.25, 0.3) is 6.08 Å². The van der Waals surface area contributed by atoms with Gasteiger partial charge >= 0.3 is 0 Å². The number of nitrogens with one attached hydrogen (secondary N) is 2. The van der Waals surface area contributed by atoms with Crippen molar-refractivity contribution < 1.29 is 19.1 Å². The zero-order valence-electron chi connectivity index (χ0n) is 15.4. The van der Waals surface area contributed by atoms with E-state index in [-0.39, 0.29) is 18.1 Å². The molecule has 28 heavy (non-hydrogen) atoms. The summed E-state index contributed by atoms with van der Waals surface area (Å²) >= 11 is 5.93. The maximum atomic E-state index is 12.3. The lowest BCUT2D eigenvalue weighted by atomic mass is 10.1. The highest BCUT2D eigenvalue weighted by Crippen LogP contribution is 2.28. The lowest BCUT2D eigenvalue weighted by molar-refractivity contribution is -0.111. The quantitative estimate of drug-likeness (QED) is 0.553. The first-order valence-electron chi connectivity index (χ1n) is 8.23. The molecule has 0 aliphatic heterocycles. The molecule has 0 aromatic heterocycles. The lowest BCUT2D eigenvalue weighted by Gasteiger charge is -2.10. The van der Waals surface area contributed by atoms with E-state index in [0.29, 0.717) is 22.2 Å². The Kier molecular flexibility index (Phi) is 7.49. The average molecular weight is 399 g/mol. The van der Waals surface area contributed by atoms with Crippen molar-refractivity contribution in [2.45, 2.75) is 0 Å². The number of amides is 2. The molecule has 0 bridgehead atoms. The molecular formula is C21H19ClN2O4. The fourth-order valence-electron chi connectivity index (χ4n) is 2.32. The van der Waals surface area contributed by atoms with Gasteiger partial charge in [-0.05, 0) is 42.0 Å². The molecule has 144 valence electrons. The van der Waals surface area contributed by atoms with Crippen LogP contribution in [0.1, 0.15) is 15.9 Å². The summed E-state index contributed by atoms with van der Waals surface area (Å²) in [5.41, 5.74) is 1.35. The summed E-state index contributed by atoms with van der Waals surface area (Å²) in [7, 11) is 3.01. The monoisotopic (exact) mass is 398 g/mol. The van der Waals surface area contributed by atoms with Crippen molar-refractivity contribution in [1.82, 2.24) is 5.32 Å². The SMILES string of the molecule is C#CCOc1ccc(/C=C/C(=O)Nc2ccc(Cl)cc2C(=O)NC)cc1OC. The standard InChI is InChI=1S/C21H19ClN2O4/c1-4-11-28-18-9-5-14(12-19(18)27-3)6-10-20(25)24-17-8-7-15(22)13-16(17)21(26)23-2/h1,5-10,12-13H,11H2,2-3H3,(H,23,26)(H,24,25)/b10-6+. The first kappa shape index (κ1) is 20.9. The molecule has 0 saturated heterocycles. The fourth-order valence-corrected chi connectivity index (χ4v) is 2.49. The first-order valence-corrected chi connectivity index (χ1v) is 8.61. The molecule has 2 N–H and O–H groups in total. The van der Waals surface area contributed by atoms with Crippen molar-refractivity contribution in [2.75, 3.05) is 26.1 Å². The predicted octanol–water partition coefficient (Wildman–Crippen LogP) is 3.37. The van der Waals surface area contributed by atoms with Crippen LogP contribution in [-0.2, 0) is 4.79 Å². The maximum Gasteiger partial charge on any atom is 0.253 e. The summed E-state index contributed by atoms with van der Waals surface area (Å²) in [4.78, 5) is 24.2. The Morgan fingerprint density at radius 3 is 2.68 bits per heavy atom. The number of carbonyl (C=O) groups is 2. The highest BCUT2D eigenvalue weighted by Gasteiger charge is 2.12. The Hall–Kier alpha value is -3.43. The van der Waals surface area contributed by atoms with Gasteiger partial charge in [0.15, 0.2) is 11.5 Å². The normalized spacial score (nSPS) is 10.2. The Morgan fingerprint density at radius 2 is 2.00 bits per heavy atom. The van der Waals surface area contributed by atoms with Gasteiger partial charge in [-0.2, -0.15) is 0 Å². The van der Waals surface area contributed by atoms with Crippen LogP contribution >= 0.6 is 11.6 Å². The number of hydrogen-bond acceptors (Lipinski definition) is 4. The van der Waals surface area contributed by atoms with E-state index in [1.54, 1.807) is 36.4 Å². The highest BCUT2D eigenvalue weighted by molar-refractivity contribution is 6.31. The highest BCUT2D eigenvalue weighted by atomic mass is 35.5. The number of rotatable bonds is 7. The first-order chi connectivity index (χ1) is 13.5. The van der Waals surface area contributed by atoms with E-state index in [9.17, 15) is 9.59 Å². The van der Waals surface area contributed by atoms with Gasteiger partial charge in [-0.1, -0.05) is 23.6 Å². The molecule has 0 spiro atoms. The molecule has 2 rings (SSSR count). The fraction of sp³-hybridized carbons (Fsp3) is 0.143. The topological polar surface area (TPSA) is 76.7 Å². The zero-order valence-corrected chi connectivity index (χ0v) is 16.2. The molecular weight excluding hydrogens is 380 g/mol. The zero-order chi connectivity index (χ0) is 20.5. The summed E-state index contributed by atoms with van der Waals surface area (Å²) in [5.74, 6) is 2.64. The number of ether oxygens (including phenoxy) is 2. The lowest BCUT2D eigenvalue weighted by Crippen LogP contribution is -2.20. The van der Waals surface area contributed by atoms with Crippen LogP contribution in [0.15, 0.2) is 42.5 Å². The van der Waals surface area contributed by atoms with Gasteiger partial charge in [-0.3, -0.25) is 9.59 Å². The van der Waals surface area contributed by atoms with Crippen molar-refractivity contribution in [3.05, 3.63) is 58.6 Å². The number of carbonyl (C=O) groups excluding carboxylic acids is 2. The maximum absolute atomic E-state index is 12.3. The minimum Gasteiger partial charge on any atom is -0.493 e. The van der Waals surface area contributed by atoms with Crippen LogP contribution in [0.4, 0.5) is 5.69 Å². The predicted molar refractivity (Wildman–Crippen MR) is 110 cm³/mol. The minimum absolute atomic E-state index is 0.128. The number of anilines is 1. The molecule has 0 heterocycles. The molecule has 0 fully saturated rings. The van der Waals surface area contributed by atoms with Crippen LogP contribution in [0, 0.1) is 12.3 Å². The number of benzene rings is 2. The van der Waals surface area contributed by atoms with E-state index in [1.807, 2.05) is 0 Å². The van der Waals surface area contributed by atoms with E-state index in [0.717, 1.165) is 5.56 Å². The second kappa shape index (κ2) is 10.0. The van der Waals surface area contributed by atoms with Gasteiger partial charge in [-0.15, -0.1) is 6.42 Å². The molecule has 6 nitrogen and oxygen atoms in total. The molecule has 0 unspecified atom stereocenters. The van der Waals surface area contributed by atoms with E-state index < -0.39 is 5.91 Å². The average Bonchev–Trinajstić information content (AvgIpc) is 2.71. The van der Waals surface area contributed by atoms with E-state index >= 15 is 0 Å². The van der Waals surface area contributed by atoms with Gasteiger partial charge < -0.3 is 20.1 Å². The second-order valence-corrected chi connectivity index (χ2v) is 5.93. The molecule has 0 atom stereocenters. The van der Waals surface area contributed by atoms with Gasteiger partial charge in [-0.25, -0.2) is 0 Å². The summed E-state index contributed by atoms with van der Waals surface area (Å²) in [6.45, 7) is 0.128. The Morgan fingerprint density at radius 1 is 1.21 bits per heavy atom. The molecule has 0 aliphatic carbocycles. The number of terminal acetylenes is 1. The third-order valence-corrected chi connectivity index (χ3v) is 3.87. The second-order valence-electron chi connectivity index (χ2n) is 5.49. The van der Waals surface area contributed by atoms with Crippen LogP contribution in [0.5, 0.6) is 11.5 Å². The Bertz CT molecular complexity index is 948. The largest absolute Gasteiger partial charge is 0.493 e. The molecule has 0 radical (unpaired) electrons. The summed E-state index contributed by atoms with van der Waals surface area (Å²) in [6.07, 6.45) is 8.14. The van der Waals surface area contributed by atoms with Crippen LogP contribution < -0.4 is 20.1 Å². The third kappa shape index (κ3) is 5.53. The van der Waals surface area contributed by atoms with Crippen molar-refractivity contribution in [3.8, 4) is 23.8 Å². The molecule has 7 heteroatoms. The van der Waals surface area contributed by atoms with Crippen molar-refractivity contribution >= 4 is 35.2 Å². The Balaban J connectivity index is 2.14. The minimum atomic E-state index is -0.404. The molecule has 0 aliphatic rings. The Labute approximate surface area is 168 Å². The van der Waals surface area contributed by atoms with Crippen molar-refractivity contribution in [3.63, 3.8) is 0 Å². The van der Waals surface area contributed by atoms with Crippen LogP contribution in [-0.4, -0.2) is 32.6 Å². The molecule has 2 aromatic carbocycles. The van der Waals surface area contributed by atoms with Crippen LogP contribution in [0.3, 0.4) is 0 Å². The number of methoxy groups -OCH3 is 1. The number of hydrogen-bond donors (Lipinski definition) is 2. The summed E-state index contributed by atoms with van der Waals surface area (Å²) < 4.78 is 10.6. The van der Waals surface area contributed by atoms with Gasteiger partial charge in [0.1, 0.15) is 6.61 Å². The summed E-state index contributed by atoms with van der Waals surface area (Å²) in [5, 5.41) is 5.57. The molecule has 2 amide bonds. The summed E-state index contributed by atoms with van der Waals surface area (Å²) in [6, 6.07) is 9.83. The van der Waals surface area contributed by atoms with Gasteiger partial charge in [0, 0.05) is 18.1 Å². The molecule has 0 saturated carbocycles. The van der Waals surface area contributed by atoms with Crippen molar-refractivity contribution in [2.24, 2.45) is 0 Å². The van der Waals surface area contributed by atoms with E-state index in [1.165, 1.54) is 26.3 Å². The third-order valence-electron chi connectivity index (χ3n) is 3.64. The smallest absolute Gasteiger partial charge is 0.253 e. The van der Waals surface area contributed by atoms with Gasteiger partial charge in [0.05, 0.1) is 18.4 Å². The van der Waals surface area contributed by atoms with E-state index in [2.05, 4.69) is 16.6 Å². The molecule has 2 aromatic rings. The van der Waals surface area contributed by atoms with Gasteiger partial charge in [0.25, 0.3) is 5.91 Å². The van der Waals surface area contributed by atoms with Gasteiger partial charge in [0.2, 0.25) is 5.91 Å². The van der Waals surface area contributed by atoms with Crippen LogP contribution in [0.2, 0.25) is 5.02 Å². The van der Waals surface area contributed by atoms with Crippen molar-refractivity contribution in [1.29, 1.82) is 0 Å². The number of halogens is 1.